The number of esters is 2. The van der Waals surface area contributed by atoms with E-state index in [4.69, 9.17) is 27.9 Å². The Hall–Kier alpha value is -3.36. The molecule has 1 aliphatic carbocycles. The van der Waals surface area contributed by atoms with Gasteiger partial charge in [0.25, 0.3) is 0 Å². The van der Waals surface area contributed by atoms with Gasteiger partial charge in [0, 0.05) is 35.0 Å². The topological polar surface area (TPSA) is 123 Å². The minimum atomic E-state index is -0.539. The SMILES string of the molecule is CCOC(=O)c1ccn(-c2ccc(Cl)c(F)c2)n1.CCOC(=O)c1ccn[nH]1.CN[C@H]1CCCC[C@@H]1NC.Fc1cc(Br)ccc1Cl. The molecule has 2 heterocycles. The highest BCUT2D eigenvalue weighted by Crippen LogP contribution is 2.20. The van der Waals surface area contributed by atoms with Crippen LogP contribution in [0.25, 0.3) is 5.69 Å². The molecule has 15 heteroatoms. The number of aromatic amines is 1. The Morgan fingerprint density at radius 1 is 0.915 bits per heavy atom. The van der Waals surface area contributed by atoms with Crippen LogP contribution in [0.1, 0.15) is 60.5 Å². The lowest BCUT2D eigenvalue weighted by atomic mass is 9.91. The molecule has 47 heavy (non-hydrogen) atoms. The highest BCUT2D eigenvalue weighted by atomic mass is 79.9. The molecule has 0 aliphatic heterocycles. The smallest absolute Gasteiger partial charge is 0.358 e. The zero-order valence-corrected chi connectivity index (χ0v) is 29.6. The molecule has 0 spiro atoms. The Kier molecular flexibility index (Phi) is 18.2. The number of nitrogens with zero attached hydrogens (tertiary/aromatic N) is 3. The molecule has 0 unspecified atom stereocenters. The third-order valence-electron chi connectivity index (χ3n) is 6.63. The van der Waals surface area contributed by atoms with Gasteiger partial charge in [-0.25, -0.2) is 23.1 Å². The maximum absolute atomic E-state index is 13.3. The third-order valence-corrected chi connectivity index (χ3v) is 7.73. The summed E-state index contributed by atoms with van der Waals surface area (Å²) >= 11 is 14.1. The first-order chi connectivity index (χ1) is 22.5. The number of halogens is 5. The van der Waals surface area contributed by atoms with Gasteiger partial charge in [0.1, 0.15) is 17.3 Å². The van der Waals surface area contributed by atoms with E-state index < -0.39 is 17.6 Å². The summed E-state index contributed by atoms with van der Waals surface area (Å²) in [6.07, 6.45) is 8.51. The molecule has 0 bridgehead atoms. The fourth-order valence-electron chi connectivity index (χ4n) is 4.28. The maximum atomic E-state index is 13.3. The van der Waals surface area contributed by atoms with Gasteiger partial charge in [0.15, 0.2) is 5.69 Å². The molecule has 1 saturated carbocycles. The predicted octanol–water partition coefficient (Wildman–Crippen LogP) is 7.41. The second-order valence-corrected chi connectivity index (χ2v) is 11.5. The van der Waals surface area contributed by atoms with Gasteiger partial charge in [-0.3, -0.25) is 5.10 Å². The number of benzene rings is 2. The molecular weight excluding hydrogens is 721 g/mol. The van der Waals surface area contributed by atoms with Crippen molar-refractivity contribution >= 4 is 51.1 Å². The van der Waals surface area contributed by atoms with E-state index in [1.165, 1.54) is 66.9 Å². The van der Waals surface area contributed by atoms with Crippen molar-refractivity contribution in [1.29, 1.82) is 0 Å². The highest BCUT2D eigenvalue weighted by molar-refractivity contribution is 9.10. The van der Waals surface area contributed by atoms with Gasteiger partial charge in [-0.15, -0.1) is 0 Å². The van der Waals surface area contributed by atoms with Crippen LogP contribution in [0, 0.1) is 11.6 Å². The average molecular weight is 761 g/mol. The van der Waals surface area contributed by atoms with Crippen LogP contribution in [0.15, 0.2) is 65.4 Å². The monoisotopic (exact) mass is 758 g/mol. The van der Waals surface area contributed by atoms with Crippen molar-refractivity contribution in [3.05, 3.63) is 98.5 Å². The summed E-state index contributed by atoms with van der Waals surface area (Å²) in [5.74, 6) is -1.81. The molecule has 0 saturated heterocycles. The van der Waals surface area contributed by atoms with Gasteiger partial charge in [-0.05, 0) is 83.2 Å². The fourth-order valence-corrected chi connectivity index (χ4v) is 4.85. The number of nitrogens with one attached hydrogen (secondary N) is 3. The van der Waals surface area contributed by atoms with E-state index >= 15 is 0 Å². The van der Waals surface area contributed by atoms with E-state index in [0.29, 0.717) is 34.5 Å². The van der Waals surface area contributed by atoms with Crippen LogP contribution < -0.4 is 10.6 Å². The summed E-state index contributed by atoms with van der Waals surface area (Å²) in [6.45, 7) is 4.14. The van der Waals surface area contributed by atoms with Gasteiger partial charge >= 0.3 is 11.9 Å². The lowest BCUT2D eigenvalue weighted by Gasteiger charge is -2.30. The Morgan fingerprint density at radius 2 is 1.49 bits per heavy atom. The summed E-state index contributed by atoms with van der Waals surface area (Å²) in [7, 11) is 4.11. The minimum Gasteiger partial charge on any atom is -0.461 e. The fraction of sp³-hybridized carbons (Fsp3) is 0.375. The van der Waals surface area contributed by atoms with Crippen LogP contribution in [0.3, 0.4) is 0 Å². The van der Waals surface area contributed by atoms with Crippen molar-refractivity contribution in [2.24, 2.45) is 0 Å². The molecule has 2 aromatic carbocycles. The van der Waals surface area contributed by atoms with E-state index in [1.54, 1.807) is 38.2 Å². The van der Waals surface area contributed by atoms with Crippen molar-refractivity contribution in [2.75, 3.05) is 27.3 Å². The van der Waals surface area contributed by atoms with Gasteiger partial charge in [0.05, 0.1) is 28.9 Å². The Bertz CT molecular complexity index is 1520. The van der Waals surface area contributed by atoms with E-state index in [-0.39, 0.29) is 28.3 Å². The lowest BCUT2D eigenvalue weighted by molar-refractivity contribution is 0.0509. The number of H-pyrrole nitrogens is 1. The zero-order chi connectivity index (χ0) is 34.8. The van der Waals surface area contributed by atoms with E-state index in [9.17, 15) is 18.4 Å². The molecule has 2 atom stereocenters. The molecule has 4 aromatic rings. The quantitative estimate of drug-likeness (QED) is 0.132. The Morgan fingerprint density at radius 3 is 1.98 bits per heavy atom. The maximum Gasteiger partial charge on any atom is 0.358 e. The van der Waals surface area contributed by atoms with Crippen molar-refractivity contribution in [3.63, 3.8) is 0 Å². The molecular formula is C32H39BrCl2F2N6O4. The van der Waals surface area contributed by atoms with E-state index in [2.05, 4.69) is 60.7 Å². The lowest BCUT2D eigenvalue weighted by Crippen LogP contribution is -2.47. The average Bonchev–Trinajstić information content (AvgIpc) is 3.79. The normalized spacial score (nSPS) is 15.1. The third kappa shape index (κ3) is 13.7. The number of ether oxygens (including phenoxy) is 2. The van der Waals surface area contributed by atoms with Gasteiger partial charge < -0.3 is 20.1 Å². The van der Waals surface area contributed by atoms with Gasteiger partial charge in [-0.1, -0.05) is 52.0 Å². The summed E-state index contributed by atoms with van der Waals surface area (Å²) in [6, 6.07) is 13.3. The zero-order valence-electron chi connectivity index (χ0n) is 26.5. The number of rotatable bonds is 7. The number of carbonyl (C=O) groups is 2. The van der Waals surface area contributed by atoms with E-state index in [0.717, 1.165) is 0 Å². The van der Waals surface area contributed by atoms with Gasteiger partial charge in [0.2, 0.25) is 0 Å². The van der Waals surface area contributed by atoms with Crippen LogP contribution in [0.2, 0.25) is 10.0 Å². The number of carbonyl (C=O) groups excluding carboxylic acids is 2. The van der Waals surface area contributed by atoms with Crippen molar-refractivity contribution in [2.45, 2.75) is 51.6 Å². The molecule has 5 rings (SSSR count). The molecule has 2 aromatic heterocycles. The van der Waals surface area contributed by atoms with Crippen LogP contribution in [-0.4, -0.2) is 71.3 Å². The molecule has 3 N–H and O–H groups in total. The van der Waals surface area contributed by atoms with Crippen molar-refractivity contribution < 1.29 is 27.8 Å². The van der Waals surface area contributed by atoms with Crippen molar-refractivity contribution in [3.8, 4) is 5.69 Å². The summed E-state index contributed by atoms with van der Waals surface area (Å²) in [5.41, 5.74) is 1.04. The van der Waals surface area contributed by atoms with Gasteiger partial charge in [-0.2, -0.15) is 10.2 Å². The number of hydrogen-bond acceptors (Lipinski definition) is 8. The van der Waals surface area contributed by atoms with Crippen LogP contribution in [-0.2, 0) is 9.47 Å². The standard InChI is InChI=1S/C12H10ClFN2O2.C8H18N2.C6H3BrClF.C6H8N2O2/c1-2-18-12(17)11-5-6-16(15-11)8-3-4-9(13)10(14)7-8;1-9-7-5-3-4-6-8(7)10-2;7-4-1-2-5(8)6(9)3-4;1-2-10-6(9)5-3-4-7-8-5/h3-7H,2H2,1H3;7-10H,3-6H2,1-2H3;1-3H;3-4H,2H2,1H3,(H,7,8)/t;7-,8-;;/m.0../s1. The molecule has 0 radical (unpaired) electrons. The molecule has 0 amide bonds. The van der Waals surface area contributed by atoms with E-state index in [1.807, 2.05) is 0 Å². The molecule has 10 nitrogen and oxygen atoms in total. The van der Waals surface area contributed by atoms with Crippen molar-refractivity contribution in [1.82, 2.24) is 30.6 Å². The number of likely N-dealkylation sites (N-methyl/N-ethyl adjacent to an activating group) is 2. The molecule has 1 aliphatic rings. The summed E-state index contributed by atoms with van der Waals surface area (Å²) in [5, 5.41) is 17.0. The minimum absolute atomic E-state index is 0.0384. The Balaban J connectivity index is 0.000000229. The van der Waals surface area contributed by atoms with Crippen LogP contribution >= 0.6 is 39.1 Å². The first-order valence-electron chi connectivity index (χ1n) is 14.8. The highest BCUT2D eigenvalue weighted by Gasteiger charge is 2.21. The second-order valence-electron chi connectivity index (χ2n) is 9.79. The largest absolute Gasteiger partial charge is 0.461 e. The summed E-state index contributed by atoms with van der Waals surface area (Å²) < 4.78 is 37.3. The number of aromatic nitrogens is 4. The van der Waals surface area contributed by atoms with Crippen LogP contribution in [0.4, 0.5) is 8.78 Å². The first-order valence-corrected chi connectivity index (χ1v) is 16.4. The second kappa shape index (κ2) is 21.5. The molecule has 256 valence electrons. The van der Waals surface area contributed by atoms with Crippen LogP contribution in [0.5, 0.6) is 0 Å². The predicted molar refractivity (Wildman–Crippen MR) is 182 cm³/mol. The Labute approximate surface area is 291 Å². The number of hydrogen-bond donors (Lipinski definition) is 3. The first kappa shape index (κ1) is 39.8. The molecule has 1 fully saturated rings. The summed E-state index contributed by atoms with van der Waals surface area (Å²) in [4.78, 5) is 22.2.